The Morgan fingerprint density at radius 1 is 1.35 bits per heavy atom. The zero-order valence-corrected chi connectivity index (χ0v) is 12.6. The van der Waals surface area contributed by atoms with Crippen molar-refractivity contribution < 1.29 is 4.79 Å². The zero-order chi connectivity index (χ0) is 14.0. The highest BCUT2D eigenvalue weighted by atomic mass is 16.1. The van der Waals surface area contributed by atoms with E-state index >= 15 is 0 Å². The van der Waals surface area contributed by atoms with Gasteiger partial charge in [0, 0.05) is 18.7 Å². The molecule has 108 valence electrons. The summed E-state index contributed by atoms with van der Waals surface area (Å²) in [7, 11) is 1.92. The van der Waals surface area contributed by atoms with Crippen molar-refractivity contribution in [1.82, 2.24) is 9.78 Å². The van der Waals surface area contributed by atoms with Crippen molar-refractivity contribution in [2.24, 2.45) is 29.7 Å². The second-order valence-electron chi connectivity index (χ2n) is 8.13. The van der Waals surface area contributed by atoms with Gasteiger partial charge in [-0.3, -0.25) is 9.48 Å². The van der Waals surface area contributed by atoms with Crippen LogP contribution in [0, 0.1) is 22.7 Å². The first-order valence-corrected chi connectivity index (χ1v) is 7.98. The Bertz CT molecular complexity index is 545. The van der Waals surface area contributed by atoms with E-state index in [1.807, 2.05) is 19.3 Å². The molecule has 3 heteroatoms. The van der Waals surface area contributed by atoms with Gasteiger partial charge in [-0.2, -0.15) is 5.10 Å². The van der Waals surface area contributed by atoms with Crippen molar-refractivity contribution in [1.29, 1.82) is 0 Å². The van der Waals surface area contributed by atoms with Gasteiger partial charge in [0.1, 0.15) is 5.78 Å². The van der Waals surface area contributed by atoms with Gasteiger partial charge in [-0.15, -0.1) is 0 Å². The molecule has 0 saturated heterocycles. The molecule has 20 heavy (non-hydrogen) atoms. The first-order valence-electron chi connectivity index (χ1n) is 7.98. The predicted octanol–water partition coefficient (Wildman–Crippen LogP) is 3.14. The van der Waals surface area contributed by atoms with Crippen LogP contribution in [0.5, 0.6) is 0 Å². The fourth-order valence-corrected chi connectivity index (χ4v) is 5.96. The minimum absolute atomic E-state index is 0.00362. The lowest BCUT2D eigenvalue weighted by atomic mass is 9.43. The van der Waals surface area contributed by atoms with Crippen LogP contribution in [0.4, 0.5) is 0 Å². The Labute approximate surface area is 120 Å². The van der Waals surface area contributed by atoms with E-state index in [4.69, 9.17) is 0 Å². The summed E-state index contributed by atoms with van der Waals surface area (Å²) >= 11 is 0. The van der Waals surface area contributed by atoms with Crippen molar-refractivity contribution in [3.8, 4) is 0 Å². The highest BCUT2D eigenvalue weighted by Crippen LogP contribution is 2.65. The van der Waals surface area contributed by atoms with E-state index in [0.717, 1.165) is 36.8 Å². The molecular formula is C17H24N2O. The molecule has 0 amide bonds. The summed E-state index contributed by atoms with van der Waals surface area (Å²) in [6, 6.07) is 1.99. The van der Waals surface area contributed by atoms with Gasteiger partial charge in [0.05, 0.1) is 12.1 Å². The van der Waals surface area contributed by atoms with Gasteiger partial charge < -0.3 is 0 Å². The molecule has 3 nitrogen and oxygen atoms in total. The number of aromatic nitrogens is 2. The summed E-state index contributed by atoms with van der Waals surface area (Å²) in [5.74, 6) is 2.10. The van der Waals surface area contributed by atoms with Crippen LogP contribution in [0.2, 0.25) is 0 Å². The Morgan fingerprint density at radius 2 is 2.05 bits per heavy atom. The molecule has 0 aromatic carbocycles. The second kappa shape index (κ2) is 3.96. The van der Waals surface area contributed by atoms with Crippen molar-refractivity contribution in [3.05, 3.63) is 18.0 Å². The summed E-state index contributed by atoms with van der Waals surface area (Å²) in [4.78, 5) is 13.0. The lowest BCUT2D eigenvalue weighted by Gasteiger charge is -2.60. The van der Waals surface area contributed by atoms with Crippen molar-refractivity contribution in [2.75, 3.05) is 0 Å². The number of hydrogen-bond donors (Lipinski definition) is 0. The number of rotatable bonds is 3. The minimum Gasteiger partial charge on any atom is -0.299 e. The van der Waals surface area contributed by atoms with Crippen LogP contribution in [-0.4, -0.2) is 15.6 Å². The molecule has 1 aromatic rings. The number of aryl methyl sites for hydroxylation is 1. The lowest BCUT2D eigenvalue weighted by Crippen LogP contribution is -2.54. The van der Waals surface area contributed by atoms with Crippen LogP contribution in [-0.2, 0) is 18.3 Å². The number of hydrogen-bond acceptors (Lipinski definition) is 2. The van der Waals surface area contributed by atoms with E-state index in [-0.39, 0.29) is 5.41 Å². The monoisotopic (exact) mass is 272 g/mol. The third-order valence-electron chi connectivity index (χ3n) is 6.06. The molecule has 1 heterocycles. The van der Waals surface area contributed by atoms with Gasteiger partial charge in [-0.05, 0) is 61.8 Å². The van der Waals surface area contributed by atoms with E-state index < -0.39 is 0 Å². The molecule has 0 N–H and O–H groups in total. The van der Waals surface area contributed by atoms with Crippen LogP contribution >= 0.6 is 0 Å². The summed E-state index contributed by atoms with van der Waals surface area (Å²) in [5, 5.41) is 4.39. The number of carbonyl (C=O) groups excluding carboxylic acids is 1. The Kier molecular flexibility index (Phi) is 2.49. The molecule has 4 saturated carbocycles. The van der Waals surface area contributed by atoms with Crippen LogP contribution in [0.15, 0.2) is 12.3 Å². The van der Waals surface area contributed by atoms with Crippen LogP contribution < -0.4 is 0 Å². The van der Waals surface area contributed by atoms with E-state index in [1.165, 1.54) is 19.3 Å². The average molecular weight is 272 g/mol. The highest BCUT2D eigenvalue weighted by Gasteiger charge is 2.58. The topological polar surface area (TPSA) is 34.9 Å². The maximum Gasteiger partial charge on any atom is 0.145 e. The Hall–Kier alpha value is -1.12. The molecule has 1 aromatic heterocycles. The normalized spacial score (nSPS) is 42.1. The molecule has 0 spiro atoms. The number of ketones is 1. The quantitative estimate of drug-likeness (QED) is 0.847. The van der Waals surface area contributed by atoms with Crippen molar-refractivity contribution in [3.63, 3.8) is 0 Å². The first kappa shape index (κ1) is 12.6. The third kappa shape index (κ3) is 1.86. The summed E-state index contributed by atoms with van der Waals surface area (Å²) in [5.41, 5.74) is 1.39. The van der Waals surface area contributed by atoms with E-state index in [9.17, 15) is 4.79 Å². The fraction of sp³-hybridized carbons (Fsp3) is 0.765. The standard InChI is InChI=1S/C17H24N2O/c1-16-7-12-5-13(8-16)10-17(9-12,11-16)15(20)6-14-3-4-19(2)18-14/h3-4,12-13H,5-11H2,1-2H3. The predicted molar refractivity (Wildman–Crippen MR) is 77.1 cm³/mol. The average Bonchev–Trinajstić information content (AvgIpc) is 2.71. The van der Waals surface area contributed by atoms with Gasteiger partial charge >= 0.3 is 0 Å². The van der Waals surface area contributed by atoms with E-state index in [1.54, 1.807) is 4.68 Å². The fourth-order valence-electron chi connectivity index (χ4n) is 5.96. The van der Waals surface area contributed by atoms with E-state index in [0.29, 0.717) is 17.6 Å². The maximum atomic E-state index is 13.0. The molecule has 4 aliphatic carbocycles. The number of nitrogens with zero attached hydrogens (tertiary/aromatic N) is 2. The Balaban J connectivity index is 1.59. The largest absolute Gasteiger partial charge is 0.299 e. The van der Waals surface area contributed by atoms with Crippen LogP contribution in [0.3, 0.4) is 0 Å². The molecule has 5 rings (SSSR count). The second-order valence-corrected chi connectivity index (χ2v) is 8.13. The molecule has 0 radical (unpaired) electrons. The summed E-state index contributed by atoms with van der Waals surface area (Å²) in [6.45, 7) is 2.42. The van der Waals surface area contributed by atoms with Gasteiger partial charge in [0.25, 0.3) is 0 Å². The SMILES string of the molecule is Cn1ccc(CC(=O)C23CC4CC(CC(C)(C4)C2)C3)n1. The number of carbonyl (C=O) groups is 1. The van der Waals surface area contributed by atoms with Gasteiger partial charge in [0.2, 0.25) is 0 Å². The molecule has 2 unspecified atom stereocenters. The van der Waals surface area contributed by atoms with Crippen molar-refractivity contribution in [2.45, 2.75) is 51.9 Å². The highest BCUT2D eigenvalue weighted by molar-refractivity contribution is 5.87. The minimum atomic E-state index is -0.00362. The summed E-state index contributed by atoms with van der Waals surface area (Å²) < 4.78 is 1.80. The Morgan fingerprint density at radius 3 is 2.60 bits per heavy atom. The van der Waals surface area contributed by atoms with Gasteiger partial charge in [-0.25, -0.2) is 0 Å². The molecule has 4 fully saturated rings. The first-order chi connectivity index (χ1) is 9.46. The molecule has 4 bridgehead atoms. The van der Waals surface area contributed by atoms with Gasteiger partial charge in [0.15, 0.2) is 0 Å². The van der Waals surface area contributed by atoms with E-state index in [2.05, 4.69) is 12.0 Å². The van der Waals surface area contributed by atoms with Crippen molar-refractivity contribution >= 4 is 5.78 Å². The summed E-state index contributed by atoms with van der Waals surface area (Å²) in [6.07, 6.45) is 10.0. The molecule has 2 atom stereocenters. The maximum absolute atomic E-state index is 13.0. The zero-order valence-electron chi connectivity index (χ0n) is 12.6. The number of Topliss-reactive ketones (excluding diaryl/α,β-unsaturated/α-hetero) is 1. The lowest BCUT2D eigenvalue weighted by molar-refractivity contribution is -0.152. The third-order valence-corrected chi connectivity index (χ3v) is 6.06. The smallest absolute Gasteiger partial charge is 0.145 e. The van der Waals surface area contributed by atoms with Crippen LogP contribution in [0.1, 0.15) is 51.1 Å². The molecule has 0 aliphatic heterocycles. The van der Waals surface area contributed by atoms with Crippen LogP contribution in [0.25, 0.3) is 0 Å². The van der Waals surface area contributed by atoms with Gasteiger partial charge in [-0.1, -0.05) is 6.92 Å². The molecule has 4 aliphatic rings. The molecular weight excluding hydrogens is 248 g/mol.